The van der Waals surface area contributed by atoms with Gasteiger partial charge in [0, 0.05) is 55.0 Å². The van der Waals surface area contributed by atoms with Gasteiger partial charge in [-0.05, 0) is 179 Å². The van der Waals surface area contributed by atoms with Crippen LogP contribution < -0.4 is 4.90 Å². The Morgan fingerprint density at radius 1 is 0.289 bits per heavy atom. The molecule has 0 saturated carbocycles. The van der Waals surface area contributed by atoms with Gasteiger partial charge in [-0.2, -0.15) is 0 Å². The molecule has 0 bridgehead atoms. The molecule has 0 N–H and O–H groups in total. The molecule has 3 heteroatoms. The zero-order chi connectivity index (χ0) is 60.0. The molecule has 19 rings (SSSR count). The van der Waals surface area contributed by atoms with Gasteiger partial charge in [0.1, 0.15) is 22.3 Å². The summed E-state index contributed by atoms with van der Waals surface area (Å²) >= 11 is 0. The van der Waals surface area contributed by atoms with Gasteiger partial charge in [0.25, 0.3) is 0 Å². The molecular formula is C87H61NO2. The molecule has 4 aliphatic carbocycles. The summed E-state index contributed by atoms with van der Waals surface area (Å²) in [5.74, 6) is 0. The van der Waals surface area contributed by atoms with Crippen LogP contribution in [-0.2, 0) is 21.7 Å². The summed E-state index contributed by atoms with van der Waals surface area (Å²) in [6, 6.07) is 105. The van der Waals surface area contributed by atoms with E-state index in [2.05, 4.69) is 319 Å². The van der Waals surface area contributed by atoms with Crippen LogP contribution in [0.1, 0.15) is 100 Å². The van der Waals surface area contributed by atoms with Gasteiger partial charge >= 0.3 is 0 Å². The Morgan fingerprint density at radius 3 is 1.38 bits per heavy atom. The summed E-state index contributed by atoms with van der Waals surface area (Å²) < 4.78 is 14.0. The van der Waals surface area contributed by atoms with Crippen LogP contribution in [0.5, 0.6) is 0 Å². The molecule has 2 aromatic heterocycles. The van der Waals surface area contributed by atoms with Gasteiger partial charge in [-0.15, -0.1) is 0 Å². The molecule has 13 aromatic carbocycles. The maximum absolute atomic E-state index is 7.16. The van der Waals surface area contributed by atoms with Crippen molar-refractivity contribution in [2.75, 3.05) is 4.90 Å². The maximum atomic E-state index is 7.16. The Balaban J connectivity index is 0.880. The minimum absolute atomic E-state index is 0.251. The Kier molecular flexibility index (Phi) is 10.4. The van der Waals surface area contributed by atoms with E-state index in [1.54, 1.807) is 0 Å². The van der Waals surface area contributed by atoms with Crippen LogP contribution in [0, 0.1) is 6.92 Å². The van der Waals surface area contributed by atoms with E-state index in [4.69, 9.17) is 8.83 Å². The summed E-state index contributed by atoms with van der Waals surface area (Å²) in [4.78, 5) is 2.51. The van der Waals surface area contributed by atoms with Crippen molar-refractivity contribution in [2.45, 2.75) is 56.3 Å². The first-order valence-electron chi connectivity index (χ1n) is 31.7. The average Bonchev–Trinajstić information content (AvgIpc) is 1.51. The van der Waals surface area contributed by atoms with E-state index in [-0.39, 0.29) is 5.41 Å². The van der Waals surface area contributed by atoms with Crippen molar-refractivity contribution in [1.29, 1.82) is 0 Å². The first-order chi connectivity index (χ1) is 44.1. The highest BCUT2D eigenvalue weighted by Gasteiger charge is 2.53. The Hall–Kier alpha value is -10.7. The Morgan fingerprint density at radius 2 is 0.744 bits per heavy atom. The zero-order valence-electron chi connectivity index (χ0n) is 50.8. The van der Waals surface area contributed by atoms with E-state index in [1.165, 1.54) is 128 Å². The molecule has 3 nitrogen and oxygen atoms in total. The molecule has 0 aliphatic heterocycles. The van der Waals surface area contributed by atoms with Crippen LogP contribution in [0.3, 0.4) is 0 Å². The predicted octanol–water partition coefficient (Wildman–Crippen LogP) is 22.6. The second kappa shape index (κ2) is 18.2. The fourth-order valence-corrected chi connectivity index (χ4v) is 17.7. The fraction of sp³-hybridized carbons (Fsp3) is 0.103. The zero-order valence-corrected chi connectivity index (χ0v) is 50.8. The molecule has 90 heavy (non-hydrogen) atoms. The van der Waals surface area contributed by atoms with Crippen molar-refractivity contribution in [3.05, 3.63) is 351 Å². The molecule has 4 aliphatic rings. The van der Waals surface area contributed by atoms with Crippen LogP contribution in [0.2, 0.25) is 0 Å². The summed E-state index contributed by atoms with van der Waals surface area (Å²) in [5, 5.41) is 4.65. The molecule has 0 radical (unpaired) electrons. The molecule has 2 heterocycles. The summed E-state index contributed by atoms with van der Waals surface area (Å²) in [6.45, 7) is 11.9. The second-order valence-corrected chi connectivity index (χ2v) is 26.6. The van der Waals surface area contributed by atoms with Crippen LogP contribution in [0.25, 0.3) is 88.4 Å². The highest BCUT2D eigenvalue weighted by molar-refractivity contribution is 6.21. The lowest BCUT2D eigenvalue weighted by Gasteiger charge is -2.36. The number of hydrogen-bond donors (Lipinski definition) is 0. The number of furan rings is 2. The number of rotatable bonds is 7. The standard InChI is InChI=1S/C87H61NO2/c1-52-38-40-57(41-39-52)88(58-43-45-62-69(48-58)85(4,5)82-80(62)83-79(64-34-20-23-37-74(64)90-83)78-61-32-18-21-35-67(61)84(2,3)81(78)82)59-42-44-60-65-50-72-66(51-71(65)87(70(60)49-59,55-28-14-8-15-29-55)56-30-16-9-17-31-56)76-68(46-47-75-77(76)63-33-19-22-36-73(63)89-75)86(72,53-24-10-6-11-25-53)54-26-12-7-13-27-54/h6-51H,1-5H3. The number of hydrogen-bond acceptors (Lipinski definition) is 3. The number of aryl methyl sites for hydroxylation is 1. The van der Waals surface area contributed by atoms with Crippen molar-refractivity contribution < 1.29 is 8.83 Å². The van der Waals surface area contributed by atoms with Crippen LogP contribution >= 0.6 is 0 Å². The Labute approximate surface area is 523 Å². The molecule has 426 valence electrons. The number of para-hydroxylation sites is 2. The SMILES string of the molecule is Cc1ccc(N(c2ccc3c(c2)C(C)(C)c2c4c(c5c(oc6ccccc65)c2-3)-c2ccccc2C4(C)C)c2ccc3c(c2)C(c2ccccc2)(c2ccccc2)c2cc4c(cc2-3)C(c2ccccc2)(c2ccccc2)c2ccc3oc5ccccc5c3c2-4)cc1. The number of nitrogens with zero attached hydrogens (tertiary/aromatic N) is 1. The monoisotopic (exact) mass is 1150 g/mol. The van der Waals surface area contributed by atoms with E-state index in [0.29, 0.717) is 0 Å². The fourth-order valence-electron chi connectivity index (χ4n) is 17.7. The van der Waals surface area contributed by atoms with E-state index < -0.39 is 16.2 Å². The van der Waals surface area contributed by atoms with Crippen molar-refractivity contribution >= 4 is 60.9 Å². The van der Waals surface area contributed by atoms with Crippen molar-refractivity contribution in [3.63, 3.8) is 0 Å². The van der Waals surface area contributed by atoms with Gasteiger partial charge < -0.3 is 13.7 Å². The molecule has 15 aromatic rings. The third-order valence-corrected chi connectivity index (χ3v) is 21.4. The minimum Gasteiger partial charge on any atom is -0.456 e. The highest BCUT2D eigenvalue weighted by atomic mass is 16.3. The smallest absolute Gasteiger partial charge is 0.144 e. The predicted molar refractivity (Wildman–Crippen MR) is 370 cm³/mol. The molecule has 0 atom stereocenters. The molecular weight excluding hydrogens is 1090 g/mol. The van der Waals surface area contributed by atoms with Gasteiger partial charge in [-0.1, -0.05) is 246 Å². The molecule has 0 unspecified atom stereocenters. The minimum atomic E-state index is -0.751. The van der Waals surface area contributed by atoms with Crippen LogP contribution in [0.15, 0.2) is 288 Å². The Bertz CT molecular complexity index is 5450. The van der Waals surface area contributed by atoms with Crippen molar-refractivity contribution in [2.24, 2.45) is 0 Å². The molecule has 0 saturated heterocycles. The second-order valence-electron chi connectivity index (χ2n) is 26.6. The maximum Gasteiger partial charge on any atom is 0.144 e. The highest BCUT2D eigenvalue weighted by Crippen LogP contribution is 2.67. The lowest BCUT2D eigenvalue weighted by molar-refractivity contribution is 0.600. The number of anilines is 3. The van der Waals surface area contributed by atoms with Gasteiger partial charge in [-0.25, -0.2) is 0 Å². The third kappa shape index (κ3) is 6.48. The van der Waals surface area contributed by atoms with Gasteiger partial charge in [-0.3, -0.25) is 0 Å². The molecule has 0 spiro atoms. The molecule has 0 amide bonds. The largest absolute Gasteiger partial charge is 0.456 e. The van der Waals surface area contributed by atoms with E-state index in [0.717, 1.165) is 50.2 Å². The van der Waals surface area contributed by atoms with Gasteiger partial charge in [0.05, 0.1) is 10.8 Å². The van der Waals surface area contributed by atoms with Crippen molar-refractivity contribution in [3.8, 4) is 44.5 Å². The van der Waals surface area contributed by atoms with E-state index >= 15 is 0 Å². The van der Waals surface area contributed by atoms with Gasteiger partial charge in [0.2, 0.25) is 0 Å². The third-order valence-electron chi connectivity index (χ3n) is 21.4. The topological polar surface area (TPSA) is 29.5 Å². The average molecular weight is 1150 g/mol. The first-order valence-corrected chi connectivity index (χ1v) is 31.7. The summed E-state index contributed by atoms with van der Waals surface area (Å²) in [5.41, 5.74) is 31.4. The van der Waals surface area contributed by atoms with Crippen LogP contribution in [0.4, 0.5) is 17.1 Å². The van der Waals surface area contributed by atoms with E-state index in [9.17, 15) is 0 Å². The number of fused-ring (bicyclic) bond motifs is 22. The first kappa shape index (κ1) is 51.3. The lowest BCUT2D eigenvalue weighted by atomic mass is 9.66. The normalized spacial score (nSPS) is 15.3. The van der Waals surface area contributed by atoms with Crippen molar-refractivity contribution in [1.82, 2.24) is 0 Å². The quantitative estimate of drug-likeness (QED) is 0.159. The lowest BCUT2D eigenvalue weighted by Crippen LogP contribution is -2.30. The van der Waals surface area contributed by atoms with Crippen LogP contribution in [-0.4, -0.2) is 0 Å². The number of benzene rings is 13. The molecule has 0 fully saturated rings. The van der Waals surface area contributed by atoms with E-state index in [1.807, 2.05) is 0 Å². The van der Waals surface area contributed by atoms with Gasteiger partial charge in [0.15, 0.2) is 0 Å². The summed E-state index contributed by atoms with van der Waals surface area (Å²) in [6.07, 6.45) is 0. The summed E-state index contributed by atoms with van der Waals surface area (Å²) in [7, 11) is 0.